The molecule has 4 heteroatoms. The number of ether oxygens (including phenoxy) is 2. The number of alkyl halides is 2. The van der Waals surface area contributed by atoms with Gasteiger partial charge in [-0.15, -0.1) is 0 Å². The molecule has 2 aliphatic heterocycles. The summed E-state index contributed by atoms with van der Waals surface area (Å²) in [6.07, 6.45) is 6.61. The summed E-state index contributed by atoms with van der Waals surface area (Å²) >= 11 is 4.81. The first kappa shape index (κ1) is 11.9. The Labute approximate surface area is 113 Å². The molecule has 0 unspecified atom stereocenters. The van der Waals surface area contributed by atoms with Gasteiger partial charge in [0.25, 0.3) is 0 Å². The molecule has 2 fully saturated rings. The maximum absolute atomic E-state index is 5.95. The van der Waals surface area contributed by atoms with Crippen LogP contribution in [0.3, 0.4) is 0 Å². The van der Waals surface area contributed by atoms with Crippen LogP contribution in [0.5, 0.6) is 0 Å². The summed E-state index contributed by atoms with van der Waals surface area (Å²) in [5.41, 5.74) is 0. The average molecular weight is 422 g/mol. The Bertz CT molecular complexity index is 169. The molecule has 2 rings (SSSR count). The van der Waals surface area contributed by atoms with Crippen molar-refractivity contribution in [3.63, 3.8) is 0 Å². The van der Waals surface area contributed by atoms with E-state index in [1.807, 2.05) is 0 Å². The lowest BCUT2D eigenvalue weighted by molar-refractivity contribution is -0.0545. The lowest BCUT2D eigenvalue weighted by atomic mass is 10.1. The Morgan fingerprint density at radius 1 is 0.786 bits per heavy atom. The van der Waals surface area contributed by atoms with Gasteiger partial charge in [0.2, 0.25) is 0 Å². The molecule has 0 bridgehead atoms. The Morgan fingerprint density at radius 3 is 1.50 bits per heavy atom. The third-order valence-electron chi connectivity index (χ3n) is 3.04. The smallest absolute Gasteiger partial charge is 0.0841 e. The van der Waals surface area contributed by atoms with Crippen molar-refractivity contribution in [3.8, 4) is 0 Å². The standard InChI is InChI=1S/C10H16I2O2/c11-5-7-1-3-9(13-7)10-4-2-8(6-12)14-10/h7-10H,1-6H2/t7-,8-,9+,10+/m1/s1. The van der Waals surface area contributed by atoms with Crippen molar-refractivity contribution in [3.05, 3.63) is 0 Å². The molecule has 0 radical (unpaired) electrons. The van der Waals surface area contributed by atoms with E-state index in [4.69, 9.17) is 9.47 Å². The highest BCUT2D eigenvalue weighted by molar-refractivity contribution is 14.1. The number of halogens is 2. The molecule has 82 valence electrons. The van der Waals surface area contributed by atoms with Gasteiger partial charge in [0.05, 0.1) is 24.4 Å². The van der Waals surface area contributed by atoms with E-state index in [1.54, 1.807) is 0 Å². The average Bonchev–Trinajstić information content (AvgIpc) is 2.86. The van der Waals surface area contributed by atoms with E-state index in [-0.39, 0.29) is 0 Å². The molecule has 2 nitrogen and oxygen atoms in total. The van der Waals surface area contributed by atoms with Crippen molar-refractivity contribution < 1.29 is 9.47 Å². The van der Waals surface area contributed by atoms with Crippen molar-refractivity contribution in [2.24, 2.45) is 0 Å². The third-order valence-corrected chi connectivity index (χ3v) is 5.00. The summed E-state index contributed by atoms with van der Waals surface area (Å²) in [6.45, 7) is 0. The minimum Gasteiger partial charge on any atom is -0.371 e. The monoisotopic (exact) mass is 422 g/mol. The first-order valence-corrected chi connectivity index (χ1v) is 8.31. The zero-order chi connectivity index (χ0) is 9.97. The summed E-state index contributed by atoms with van der Waals surface area (Å²) in [7, 11) is 0. The molecule has 0 aromatic carbocycles. The SMILES string of the molecule is IC[C@H]1CC[C@@H]([C@@H]2CC[C@H](CI)O2)O1. The fraction of sp³-hybridized carbons (Fsp3) is 1.00. The van der Waals surface area contributed by atoms with Crippen LogP contribution in [0.4, 0.5) is 0 Å². The minimum atomic E-state index is 0.391. The van der Waals surface area contributed by atoms with Crippen molar-refractivity contribution in [1.29, 1.82) is 0 Å². The predicted molar refractivity (Wildman–Crippen MR) is 73.6 cm³/mol. The highest BCUT2D eigenvalue weighted by Gasteiger charge is 2.36. The van der Waals surface area contributed by atoms with Gasteiger partial charge in [-0.25, -0.2) is 0 Å². The molecular formula is C10H16I2O2. The van der Waals surface area contributed by atoms with Gasteiger partial charge in [0.1, 0.15) is 0 Å². The molecule has 0 N–H and O–H groups in total. The second-order valence-electron chi connectivity index (χ2n) is 4.06. The van der Waals surface area contributed by atoms with Gasteiger partial charge in [-0.1, -0.05) is 45.2 Å². The molecule has 0 aliphatic carbocycles. The summed E-state index contributed by atoms with van der Waals surface area (Å²) < 4.78 is 14.1. The first-order chi connectivity index (χ1) is 6.83. The van der Waals surface area contributed by atoms with E-state index < -0.39 is 0 Å². The maximum atomic E-state index is 5.95. The quantitative estimate of drug-likeness (QED) is 0.515. The normalized spacial score (nSPS) is 43.3. The lowest BCUT2D eigenvalue weighted by Gasteiger charge is -2.19. The Hall–Kier alpha value is 1.38. The zero-order valence-electron chi connectivity index (χ0n) is 8.12. The van der Waals surface area contributed by atoms with Gasteiger partial charge in [-0.2, -0.15) is 0 Å². The van der Waals surface area contributed by atoms with Crippen molar-refractivity contribution in [2.75, 3.05) is 8.86 Å². The van der Waals surface area contributed by atoms with Crippen LogP contribution in [0.2, 0.25) is 0 Å². The third kappa shape index (κ3) is 2.74. The summed E-state index contributed by atoms with van der Waals surface area (Å²) in [5.74, 6) is 0. The van der Waals surface area contributed by atoms with E-state index in [0.717, 1.165) is 8.86 Å². The summed E-state index contributed by atoms with van der Waals surface area (Å²) in [6, 6.07) is 0. The fourth-order valence-corrected chi connectivity index (χ4v) is 3.54. The van der Waals surface area contributed by atoms with Gasteiger partial charge in [-0.3, -0.25) is 0 Å². The summed E-state index contributed by atoms with van der Waals surface area (Å²) in [5, 5.41) is 0. The van der Waals surface area contributed by atoms with Crippen molar-refractivity contribution in [2.45, 2.75) is 50.1 Å². The zero-order valence-corrected chi connectivity index (χ0v) is 12.4. The summed E-state index contributed by atoms with van der Waals surface area (Å²) in [4.78, 5) is 0. The van der Waals surface area contributed by atoms with Crippen LogP contribution in [0.25, 0.3) is 0 Å². The molecule has 2 heterocycles. The Kier molecular flexibility index (Phi) is 4.77. The topological polar surface area (TPSA) is 18.5 Å². The first-order valence-electron chi connectivity index (χ1n) is 5.26. The van der Waals surface area contributed by atoms with E-state index in [2.05, 4.69) is 45.2 Å². The van der Waals surface area contributed by atoms with Gasteiger partial charge in [-0.05, 0) is 25.7 Å². The highest BCUT2D eigenvalue weighted by Crippen LogP contribution is 2.32. The molecule has 0 spiro atoms. The lowest BCUT2D eigenvalue weighted by Crippen LogP contribution is -2.27. The van der Waals surface area contributed by atoms with Crippen LogP contribution >= 0.6 is 45.2 Å². The largest absolute Gasteiger partial charge is 0.371 e. The number of hydrogen-bond acceptors (Lipinski definition) is 2. The molecule has 2 saturated heterocycles. The van der Waals surface area contributed by atoms with E-state index in [1.165, 1.54) is 25.7 Å². The molecule has 14 heavy (non-hydrogen) atoms. The molecule has 0 amide bonds. The van der Waals surface area contributed by atoms with E-state index in [0.29, 0.717) is 24.4 Å². The highest BCUT2D eigenvalue weighted by atomic mass is 127. The molecule has 4 atom stereocenters. The number of hydrogen-bond donors (Lipinski definition) is 0. The van der Waals surface area contributed by atoms with Crippen LogP contribution in [0.15, 0.2) is 0 Å². The van der Waals surface area contributed by atoms with Gasteiger partial charge >= 0.3 is 0 Å². The fourth-order valence-electron chi connectivity index (χ4n) is 2.24. The second-order valence-corrected chi connectivity index (χ2v) is 5.82. The van der Waals surface area contributed by atoms with E-state index >= 15 is 0 Å². The van der Waals surface area contributed by atoms with Crippen LogP contribution in [0, 0.1) is 0 Å². The van der Waals surface area contributed by atoms with E-state index in [9.17, 15) is 0 Å². The van der Waals surface area contributed by atoms with Crippen LogP contribution in [-0.4, -0.2) is 33.3 Å². The van der Waals surface area contributed by atoms with Crippen LogP contribution in [0.1, 0.15) is 25.7 Å². The molecule has 2 aliphatic rings. The Morgan fingerprint density at radius 2 is 1.21 bits per heavy atom. The van der Waals surface area contributed by atoms with Gasteiger partial charge in [0.15, 0.2) is 0 Å². The van der Waals surface area contributed by atoms with Crippen LogP contribution < -0.4 is 0 Å². The van der Waals surface area contributed by atoms with Crippen molar-refractivity contribution >= 4 is 45.2 Å². The molecular weight excluding hydrogens is 406 g/mol. The molecule has 0 saturated carbocycles. The van der Waals surface area contributed by atoms with Gasteiger partial charge in [0, 0.05) is 8.86 Å². The van der Waals surface area contributed by atoms with Crippen molar-refractivity contribution in [1.82, 2.24) is 0 Å². The maximum Gasteiger partial charge on any atom is 0.0841 e. The van der Waals surface area contributed by atoms with Gasteiger partial charge < -0.3 is 9.47 Å². The molecule has 0 aromatic heterocycles. The number of rotatable bonds is 3. The molecule has 0 aromatic rings. The van der Waals surface area contributed by atoms with Crippen LogP contribution in [-0.2, 0) is 9.47 Å². The predicted octanol–water partition coefficient (Wildman–Crippen LogP) is 2.95. The minimum absolute atomic E-state index is 0.391. The Balaban J connectivity index is 1.80. The second kappa shape index (κ2) is 5.63.